The zero-order chi connectivity index (χ0) is 13.1. The number of pyridine rings is 1. The zero-order valence-electron chi connectivity index (χ0n) is 10.2. The maximum Gasteiger partial charge on any atom is 0.276 e. The largest absolute Gasteiger partial charge is 0.310 e. The summed E-state index contributed by atoms with van der Waals surface area (Å²) in [5.74, 6) is -0.174. The Morgan fingerprint density at radius 2 is 2.00 bits per heavy atom. The van der Waals surface area contributed by atoms with Crippen molar-refractivity contribution >= 4 is 23.2 Å². The van der Waals surface area contributed by atoms with E-state index in [2.05, 4.69) is 4.98 Å². The number of carbonyl (C=O) groups excluding carboxylic acids is 1. The van der Waals surface area contributed by atoms with E-state index in [1.165, 1.54) is 6.20 Å². The molecule has 0 fully saturated rings. The highest BCUT2D eigenvalue weighted by molar-refractivity contribution is 6.31. The van der Waals surface area contributed by atoms with Gasteiger partial charge in [-0.2, -0.15) is 0 Å². The van der Waals surface area contributed by atoms with E-state index in [0.717, 1.165) is 11.3 Å². The molecule has 4 heteroatoms. The summed E-state index contributed by atoms with van der Waals surface area (Å²) in [6.07, 6.45) is 1.53. The van der Waals surface area contributed by atoms with Gasteiger partial charge < -0.3 is 4.90 Å². The lowest BCUT2D eigenvalue weighted by molar-refractivity contribution is 0.0988. The monoisotopic (exact) mass is 260 g/mol. The van der Waals surface area contributed by atoms with Crippen molar-refractivity contribution in [3.05, 3.63) is 58.9 Å². The summed E-state index contributed by atoms with van der Waals surface area (Å²) >= 11 is 5.86. The molecule has 0 unspecified atom stereocenters. The molecule has 92 valence electrons. The highest BCUT2D eigenvalue weighted by atomic mass is 35.5. The molecule has 2 aromatic rings. The van der Waals surface area contributed by atoms with E-state index < -0.39 is 0 Å². The van der Waals surface area contributed by atoms with Gasteiger partial charge in [-0.1, -0.05) is 29.8 Å². The lowest BCUT2D eigenvalue weighted by atomic mass is 10.2. The lowest BCUT2D eigenvalue weighted by Crippen LogP contribution is -2.27. The molecule has 0 atom stereocenters. The van der Waals surface area contributed by atoms with Crippen molar-refractivity contribution in [1.29, 1.82) is 0 Å². The van der Waals surface area contributed by atoms with E-state index in [4.69, 9.17) is 11.6 Å². The number of amides is 1. The number of hydrogen-bond donors (Lipinski definition) is 0. The van der Waals surface area contributed by atoms with Gasteiger partial charge in [-0.25, -0.2) is 0 Å². The number of aryl methyl sites for hydroxylation is 1. The second-order valence-electron chi connectivity index (χ2n) is 4.01. The van der Waals surface area contributed by atoms with Crippen LogP contribution in [0.3, 0.4) is 0 Å². The zero-order valence-corrected chi connectivity index (χ0v) is 11.0. The molecule has 0 bridgehead atoms. The highest BCUT2D eigenvalue weighted by Crippen LogP contribution is 2.20. The SMILES string of the molecule is Cc1ccccc1N(C)C(=O)c1cc(Cl)ccn1. The van der Waals surface area contributed by atoms with Crippen LogP contribution in [0.1, 0.15) is 16.1 Å². The van der Waals surface area contributed by atoms with E-state index in [1.807, 2.05) is 31.2 Å². The van der Waals surface area contributed by atoms with Crippen molar-refractivity contribution in [1.82, 2.24) is 4.98 Å². The van der Waals surface area contributed by atoms with Gasteiger partial charge >= 0.3 is 0 Å². The van der Waals surface area contributed by atoms with Crippen molar-refractivity contribution in [2.45, 2.75) is 6.92 Å². The number of aromatic nitrogens is 1. The average molecular weight is 261 g/mol. The standard InChI is InChI=1S/C14H13ClN2O/c1-10-5-3-4-6-13(10)17(2)14(18)12-9-11(15)7-8-16-12/h3-9H,1-2H3. The number of carbonyl (C=O) groups is 1. The molecule has 0 saturated heterocycles. The minimum atomic E-state index is -0.174. The van der Waals surface area contributed by atoms with Gasteiger partial charge in [0.05, 0.1) is 0 Å². The topological polar surface area (TPSA) is 33.2 Å². The normalized spacial score (nSPS) is 10.2. The van der Waals surface area contributed by atoms with Crippen LogP contribution in [0.2, 0.25) is 5.02 Å². The van der Waals surface area contributed by atoms with Crippen LogP contribution in [-0.2, 0) is 0 Å². The number of rotatable bonds is 2. The number of hydrogen-bond acceptors (Lipinski definition) is 2. The molecule has 1 aromatic heterocycles. The third-order valence-corrected chi connectivity index (χ3v) is 2.96. The molecule has 0 N–H and O–H groups in total. The number of halogens is 1. The molecule has 1 aromatic carbocycles. The van der Waals surface area contributed by atoms with Gasteiger partial charge in [0, 0.05) is 24.0 Å². The Hall–Kier alpha value is -1.87. The molecule has 1 amide bonds. The number of anilines is 1. The predicted octanol–water partition coefficient (Wildman–Crippen LogP) is 3.32. The minimum Gasteiger partial charge on any atom is -0.310 e. The molecular weight excluding hydrogens is 248 g/mol. The second-order valence-corrected chi connectivity index (χ2v) is 4.45. The summed E-state index contributed by atoms with van der Waals surface area (Å²) < 4.78 is 0. The first-order valence-electron chi connectivity index (χ1n) is 5.55. The van der Waals surface area contributed by atoms with E-state index in [0.29, 0.717) is 10.7 Å². The Morgan fingerprint density at radius 1 is 1.28 bits per heavy atom. The fraction of sp³-hybridized carbons (Fsp3) is 0.143. The molecule has 2 rings (SSSR count). The Morgan fingerprint density at radius 3 is 2.67 bits per heavy atom. The van der Waals surface area contributed by atoms with Crippen LogP contribution in [0, 0.1) is 6.92 Å². The molecule has 0 aliphatic carbocycles. The van der Waals surface area contributed by atoms with Crippen molar-refractivity contribution in [2.75, 3.05) is 11.9 Å². The van der Waals surface area contributed by atoms with Crippen LogP contribution in [0.15, 0.2) is 42.6 Å². The van der Waals surface area contributed by atoms with Crippen LogP contribution in [0.25, 0.3) is 0 Å². The summed E-state index contributed by atoms with van der Waals surface area (Å²) in [7, 11) is 1.73. The Balaban J connectivity index is 2.32. The lowest BCUT2D eigenvalue weighted by Gasteiger charge is -2.19. The molecular formula is C14H13ClN2O. The third-order valence-electron chi connectivity index (χ3n) is 2.72. The van der Waals surface area contributed by atoms with Crippen molar-refractivity contribution in [3.63, 3.8) is 0 Å². The second kappa shape index (κ2) is 5.19. The predicted molar refractivity (Wildman–Crippen MR) is 73.2 cm³/mol. The van der Waals surface area contributed by atoms with Gasteiger partial charge in [-0.05, 0) is 30.7 Å². The van der Waals surface area contributed by atoms with Crippen LogP contribution < -0.4 is 4.90 Å². The summed E-state index contributed by atoms with van der Waals surface area (Å²) in [6, 6.07) is 10.9. The minimum absolute atomic E-state index is 0.174. The van der Waals surface area contributed by atoms with E-state index >= 15 is 0 Å². The first-order valence-corrected chi connectivity index (χ1v) is 5.92. The Kier molecular flexibility index (Phi) is 3.63. The maximum absolute atomic E-state index is 12.3. The van der Waals surface area contributed by atoms with Crippen LogP contribution in [-0.4, -0.2) is 17.9 Å². The third kappa shape index (κ3) is 2.51. The molecule has 0 spiro atoms. The first-order chi connectivity index (χ1) is 8.59. The molecule has 0 saturated carbocycles. The Labute approximate surface area is 111 Å². The van der Waals surface area contributed by atoms with Gasteiger partial charge in [0.25, 0.3) is 5.91 Å². The summed E-state index contributed by atoms with van der Waals surface area (Å²) in [6.45, 7) is 1.96. The van der Waals surface area contributed by atoms with E-state index in [1.54, 1.807) is 24.1 Å². The molecule has 0 aliphatic heterocycles. The van der Waals surface area contributed by atoms with Crippen molar-refractivity contribution in [2.24, 2.45) is 0 Å². The summed E-state index contributed by atoms with van der Waals surface area (Å²) in [5.41, 5.74) is 2.24. The number of nitrogens with zero attached hydrogens (tertiary/aromatic N) is 2. The van der Waals surface area contributed by atoms with E-state index in [9.17, 15) is 4.79 Å². The molecule has 18 heavy (non-hydrogen) atoms. The van der Waals surface area contributed by atoms with Gasteiger partial charge in [0.1, 0.15) is 5.69 Å². The average Bonchev–Trinajstić information content (AvgIpc) is 2.37. The van der Waals surface area contributed by atoms with Crippen LogP contribution in [0.5, 0.6) is 0 Å². The van der Waals surface area contributed by atoms with Gasteiger partial charge in [-0.3, -0.25) is 9.78 Å². The molecule has 0 aliphatic rings. The number of benzene rings is 1. The van der Waals surface area contributed by atoms with Crippen LogP contribution >= 0.6 is 11.6 Å². The molecule has 1 heterocycles. The molecule has 0 radical (unpaired) electrons. The number of para-hydroxylation sites is 1. The van der Waals surface area contributed by atoms with Gasteiger partial charge in [0.2, 0.25) is 0 Å². The van der Waals surface area contributed by atoms with Crippen LogP contribution in [0.4, 0.5) is 5.69 Å². The fourth-order valence-electron chi connectivity index (χ4n) is 1.74. The maximum atomic E-state index is 12.3. The van der Waals surface area contributed by atoms with E-state index in [-0.39, 0.29) is 5.91 Å². The quantitative estimate of drug-likeness (QED) is 0.830. The Bertz CT molecular complexity index is 584. The fourth-order valence-corrected chi connectivity index (χ4v) is 1.90. The van der Waals surface area contributed by atoms with Crippen molar-refractivity contribution < 1.29 is 4.79 Å². The summed E-state index contributed by atoms with van der Waals surface area (Å²) in [5, 5.41) is 0.506. The highest BCUT2D eigenvalue weighted by Gasteiger charge is 2.16. The van der Waals surface area contributed by atoms with Crippen molar-refractivity contribution in [3.8, 4) is 0 Å². The smallest absolute Gasteiger partial charge is 0.276 e. The molecule has 3 nitrogen and oxygen atoms in total. The summed E-state index contributed by atoms with van der Waals surface area (Å²) in [4.78, 5) is 17.9. The van der Waals surface area contributed by atoms with Gasteiger partial charge in [-0.15, -0.1) is 0 Å². The first kappa shape index (κ1) is 12.6. The van der Waals surface area contributed by atoms with Gasteiger partial charge in [0.15, 0.2) is 0 Å².